The van der Waals surface area contributed by atoms with Crippen molar-refractivity contribution < 1.29 is 13.9 Å². The van der Waals surface area contributed by atoms with E-state index in [4.69, 9.17) is 4.74 Å². The quantitative estimate of drug-likeness (QED) is 0.368. The van der Waals surface area contributed by atoms with E-state index in [1.54, 1.807) is 35.9 Å². The van der Waals surface area contributed by atoms with Gasteiger partial charge in [-0.1, -0.05) is 67.8 Å². The lowest BCUT2D eigenvalue weighted by atomic mass is 9.56. The molecule has 3 rings (SSSR count). The van der Waals surface area contributed by atoms with Crippen molar-refractivity contribution in [2.75, 3.05) is 0 Å². The summed E-state index contributed by atoms with van der Waals surface area (Å²) >= 11 is 0. The maximum absolute atomic E-state index is 15.9. The molecule has 5 nitrogen and oxygen atoms in total. The Balaban J connectivity index is 2.42. The van der Waals surface area contributed by atoms with Crippen molar-refractivity contribution in [2.24, 2.45) is 0 Å². The SMILES string of the molecule is C=COC(=O)C1(c2cc(C)nn2CC)C=CC=C(F)C1(C#N)c1ccc([Si](C)(C)C)cc1. The number of nitrogens with zero attached hydrogens (tertiary/aromatic N) is 3. The summed E-state index contributed by atoms with van der Waals surface area (Å²) in [6, 6.07) is 11.2. The lowest BCUT2D eigenvalue weighted by Crippen LogP contribution is -2.55. The number of aromatic nitrogens is 2. The zero-order valence-corrected chi connectivity index (χ0v) is 20.1. The zero-order chi connectivity index (χ0) is 23.7. The number of ether oxygens (including phenoxy) is 1. The Morgan fingerprint density at radius 3 is 2.53 bits per heavy atom. The molecule has 1 aliphatic carbocycles. The summed E-state index contributed by atoms with van der Waals surface area (Å²) in [5.74, 6) is -1.52. The highest BCUT2D eigenvalue weighted by Crippen LogP contribution is 2.53. The number of halogens is 1. The van der Waals surface area contributed by atoms with Crippen molar-refractivity contribution in [3.63, 3.8) is 0 Å². The maximum Gasteiger partial charge on any atom is 0.329 e. The molecule has 0 bridgehead atoms. The number of aryl methyl sites for hydroxylation is 2. The number of esters is 1. The van der Waals surface area contributed by atoms with Crippen LogP contribution in [0.5, 0.6) is 0 Å². The highest BCUT2D eigenvalue weighted by Gasteiger charge is 2.64. The lowest BCUT2D eigenvalue weighted by molar-refractivity contribution is -0.145. The fraction of sp³-hybridized carbons (Fsp3) is 0.320. The van der Waals surface area contributed by atoms with Crippen LogP contribution in [0.25, 0.3) is 0 Å². The van der Waals surface area contributed by atoms with Gasteiger partial charge in [0.05, 0.1) is 31.8 Å². The van der Waals surface area contributed by atoms with Gasteiger partial charge in [-0.15, -0.1) is 0 Å². The van der Waals surface area contributed by atoms with E-state index >= 15 is 4.39 Å². The molecule has 0 aliphatic heterocycles. The second-order valence-electron chi connectivity index (χ2n) is 8.93. The first-order valence-corrected chi connectivity index (χ1v) is 14.0. The first-order chi connectivity index (χ1) is 15.1. The van der Waals surface area contributed by atoms with Crippen LogP contribution in [-0.2, 0) is 26.9 Å². The molecule has 2 unspecified atom stereocenters. The molecule has 0 amide bonds. The van der Waals surface area contributed by atoms with Crippen molar-refractivity contribution in [3.05, 3.63) is 84.2 Å². The second-order valence-corrected chi connectivity index (χ2v) is 14.0. The molecule has 2 atom stereocenters. The Hall–Kier alpha value is -3.24. The van der Waals surface area contributed by atoms with Crippen LogP contribution >= 0.6 is 0 Å². The third-order valence-corrected chi connectivity index (χ3v) is 8.07. The Morgan fingerprint density at radius 1 is 1.34 bits per heavy atom. The van der Waals surface area contributed by atoms with Crippen LogP contribution in [-0.4, -0.2) is 23.8 Å². The van der Waals surface area contributed by atoms with Gasteiger partial charge in [0.15, 0.2) is 10.8 Å². The minimum absolute atomic E-state index is 0.377. The summed E-state index contributed by atoms with van der Waals surface area (Å²) in [5.41, 5.74) is -2.36. The van der Waals surface area contributed by atoms with Gasteiger partial charge in [0, 0.05) is 6.54 Å². The molecule has 166 valence electrons. The van der Waals surface area contributed by atoms with E-state index < -0.39 is 30.7 Å². The minimum Gasteiger partial charge on any atom is -0.434 e. The molecule has 1 aromatic carbocycles. The van der Waals surface area contributed by atoms with Gasteiger partial charge in [-0.2, -0.15) is 10.4 Å². The molecule has 0 saturated heterocycles. The van der Waals surface area contributed by atoms with Gasteiger partial charge in [0.1, 0.15) is 5.83 Å². The van der Waals surface area contributed by atoms with Gasteiger partial charge in [0.25, 0.3) is 0 Å². The topological polar surface area (TPSA) is 67.9 Å². The molecule has 0 N–H and O–H groups in total. The van der Waals surface area contributed by atoms with Crippen LogP contribution in [0.2, 0.25) is 19.6 Å². The number of hydrogen-bond acceptors (Lipinski definition) is 4. The van der Waals surface area contributed by atoms with Crippen LogP contribution in [0.3, 0.4) is 0 Å². The van der Waals surface area contributed by atoms with E-state index in [0.717, 1.165) is 6.26 Å². The first kappa shape index (κ1) is 23.4. The van der Waals surface area contributed by atoms with E-state index in [9.17, 15) is 10.1 Å². The molecule has 1 heterocycles. The van der Waals surface area contributed by atoms with E-state index in [0.29, 0.717) is 23.5 Å². The molecule has 1 aliphatic rings. The number of hydrogen-bond donors (Lipinski definition) is 0. The molecular weight excluding hydrogens is 421 g/mol. The smallest absolute Gasteiger partial charge is 0.329 e. The maximum atomic E-state index is 15.9. The standard InChI is InChI=1S/C25H28FN3O2Si/c1-7-29-22(16-18(3)28-29)24(23(30)31-8-2)15-9-10-21(26)25(24,17-27)19-11-13-20(14-12-19)32(4,5)6/h8-16H,2,7H2,1,3-6H3. The monoisotopic (exact) mass is 449 g/mol. The van der Waals surface area contributed by atoms with E-state index in [-0.39, 0.29) is 0 Å². The van der Waals surface area contributed by atoms with Gasteiger partial charge in [-0.05, 0) is 31.6 Å². The fourth-order valence-corrected chi connectivity index (χ4v) is 5.55. The summed E-state index contributed by atoms with van der Waals surface area (Å²) in [5, 5.41) is 16.2. The third kappa shape index (κ3) is 3.35. The summed E-state index contributed by atoms with van der Waals surface area (Å²) < 4.78 is 22.7. The summed E-state index contributed by atoms with van der Waals surface area (Å²) in [6.07, 6.45) is 5.23. The largest absolute Gasteiger partial charge is 0.434 e. The Bertz CT molecular complexity index is 1150. The number of rotatable bonds is 6. The predicted octanol–water partition coefficient (Wildman–Crippen LogP) is 4.57. The van der Waals surface area contributed by atoms with Crippen molar-refractivity contribution in [1.29, 1.82) is 5.26 Å². The number of nitriles is 1. The fourth-order valence-electron chi connectivity index (χ4n) is 4.38. The predicted molar refractivity (Wildman–Crippen MR) is 126 cm³/mol. The Kier molecular flexibility index (Phi) is 6.12. The highest BCUT2D eigenvalue weighted by molar-refractivity contribution is 6.88. The molecule has 1 aromatic heterocycles. The zero-order valence-electron chi connectivity index (χ0n) is 19.1. The minimum atomic E-state index is -1.97. The van der Waals surface area contributed by atoms with Crippen LogP contribution < -0.4 is 5.19 Å². The van der Waals surface area contributed by atoms with Crippen LogP contribution in [0.1, 0.15) is 23.9 Å². The van der Waals surface area contributed by atoms with Crippen molar-refractivity contribution in [3.8, 4) is 6.07 Å². The average Bonchev–Trinajstić information content (AvgIpc) is 3.14. The van der Waals surface area contributed by atoms with Crippen LogP contribution in [0.15, 0.2) is 67.2 Å². The molecule has 0 spiro atoms. The van der Waals surface area contributed by atoms with E-state index in [2.05, 4.69) is 37.4 Å². The number of carbonyl (C=O) groups is 1. The van der Waals surface area contributed by atoms with Gasteiger partial charge in [0.2, 0.25) is 0 Å². The van der Waals surface area contributed by atoms with Crippen LogP contribution in [0.4, 0.5) is 4.39 Å². The molecule has 32 heavy (non-hydrogen) atoms. The number of benzene rings is 1. The van der Waals surface area contributed by atoms with Gasteiger partial charge < -0.3 is 4.74 Å². The van der Waals surface area contributed by atoms with Gasteiger partial charge in [-0.3, -0.25) is 9.48 Å². The van der Waals surface area contributed by atoms with Crippen molar-refractivity contribution in [2.45, 2.75) is 50.9 Å². The normalized spacial score (nSPS) is 22.7. The van der Waals surface area contributed by atoms with Gasteiger partial charge in [-0.25, -0.2) is 4.39 Å². The number of allylic oxidation sites excluding steroid dienone is 3. The van der Waals surface area contributed by atoms with E-state index in [1.165, 1.54) is 17.3 Å². The van der Waals surface area contributed by atoms with E-state index in [1.807, 2.05) is 19.1 Å². The number of carbonyl (C=O) groups excluding carboxylic acids is 1. The molecule has 0 saturated carbocycles. The third-order valence-electron chi connectivity index (χ3n) is 6.01. The summed E-state index contributed by atoms with van der Waals surface area (Å²) in [6.45, 7) is 14.2. The van der Waals surface area contributed by atoms with Crippen molar-refractivity contribution >= 4 is 19.2 Å². The van der Waals surface area contributed by atoms with Gasteiger partial charge >= 0.3 is 5.97 Å². The highest BCUT2D eigenvalue weighted by atomic mass is 28.3. The average molecular weight is 450 g/mol. The molecular formula is C25H28FN3O2Si. The summed E-state index contributed by atoms with van der Waals surface area (Å²) in [7, 11) is -1.63. The molecule has 7 heteroatoms. The second kappa shape index (κ2) is 8.36. The Morgan fingerprint density at radius 2 is 2.00 bits per heavy atom. The molecule has 2 aromatic rings. The van der Waals surface area contributed by atoms with Crippen LogP contribution in [0, 0.1) is 18.3 Å². The van der Waals surface area contributed by atoms with Crippen molar-refractivity contribution in [1.82, 2.24) is 9.78 Å². The molecule has 0 radical (unpaired) electrons. The molecule has 0 fully saturated rings. The summed E-state index contributed by atoms with van der Waals surface area (Å²) in [4.78, 5) is 13.6. The Labute approximate surface area is 189 Å². The first-order valence-electron chi connectivity index (χ1n) is 10.5. The lowest BCUT2D eigenvalue weighted by Gasteiger charge is -2.43.